The van der Waals surface area contributed by atoms with E-state index in [1.54, 1.807) is 6.92 Å². The molecule has 0 aromatic heterocycles. The molecular formula is C10H19NO4. The Bertz CT molecular complexity index is 217. The Labute approximate surface area is 89.4 Å². The molecule has 1 saturated heterocycles. The van der Waals surface area contributed by atoms with Gasteiger partial charge in [0.05, 0.1) is 6.54 Å². The molecule has 1 rings (SSSR count). The van der Waals surface area contributed by atoms with Crippen molar-refractivity contribution in [3.05, 3.63) is 0 Å². The Morgan fingerprint density at radius 3 is 3.07 bits per heavy atom. The van der Waals surface area contributed by atoms with Crippen molar-refractivity contribution in [1.29, 1.82) is 0 Å². The second kappa shape index (κ2) is 5.44. The summed E-state index contributed by atoms with van der Waals surface area (Å²) >= 11 is 0. The van der Waals surface area contributed by atoms with Gasteiger partial charge < -0.3 is 25.1 Å². The number of hydrogen-bond acceptors (Lipinski definition) is 4. The molecular weight excluding hydrogens is 198 g/mol. The number of ether oxygens (including phenoxy) is 1. The summed E-state index contributed by atoms with van der Waals surface area (Å²) < 4.78 is 5.28. The summed E-state index contributed by atoms with van der Waals surface area (Å²) in [6.45, 7) is 3.60. The number of aliphatic hydroxyl groups is 1. The summed E-state index contributed by atoms with van der Waals surface area (Å²) in [4.78, 5) is 10.2. The van der Waals surface area contributed by atoms with E-state index in [-0.39, 0.29) is 12.5 Å². The third-order valence-electron chi connectivity index (χ3n) is 2.88. The molecule has 15 heavy (non-hydrogen) atoms. The van der Waals surface area contributed by atoms with Gasteiger partial charge in [0.2, 0.25) is 0 Å². The van der Waals surface area contributed by atoms with E-state index in [2.05, 4.69) is 0 Å². The summed E-state index contributed by atoms with van der Waals surface area (Å²) in [6, 6.07) is 0.00741. The van der Waals surface area contributed by atoms with E-state index in [1.807, 2.05) is 5.32 Å². The smallest absolute Gasteiger partial charge is 0.138 e. The molecule has 0 aliphatic carbocycles. The van der Waals surface area contributed by atoms with Crippen LogP contribution in [0.15, 0.2) is 0 Å². The first-order valence-electron chi connectivity index (χ1n) is 5.35. The monoisotopic (exact) mass is 217 g/mol. The number of carboxylic acid groups (broad SMARTS) is 1. The number of quaternary nitrogens is 1. The molecule has 0 amide bonds. The maximum Gasteiger partial charge on any atom is 0.138 e. The van der Waals surface area contributed by atoms with Crippen LogP contribution in [0, 0.1) is 0 Å². The summed E-state index contributed by atoms with van der Waals surface area (Å²) in [5, 5.41) is 22.1. The summed E-state index contributed by atoms with van der Waals surface area (Å²) in [6.07, 6.45) is 1.27. The Morgan fingerprint density at radius 1 is 1.73 bits per heavy atom. The molecule has 0 aromatic rings. The lowest BCUT2D eigenvalue weighted by molar-refractivity contribution is -0.707. The van der Waals surface area contributed by atoms with E-state index in [9.17, 15) is 15.0 Å². The van der Waals surface area contributed by atoms with Gasteiger partial charge in [-0.1, -0.05) is 0 Å². The van der Waals surface area contributed by atoms with Gasteiger partial charge in [-0.3, -0.25) is 0 Å². The zero-order chi connectivity index (χ0) is 11.3. The zero-order valence-corrected chi connectivity index (χ0v) is 9.07. The van der Waals surface area contributed by atoms with Gasteiger partial charge in [0.15, 0.2) is 0 Å². The molecule has 2 atom stereocenters. The molecule has 1 aliphatic rings. The highest BCUT2D eigenvalue weighted by Gasteiger charge is 2.37. The lowest BCUT2D eigenvalue weighted by Crippen LogP contribution is -2.96. The van der Waals surface area contributed by atoms with Gasteiger partial charge in [-0.15, -0.1) is 0 Å². The summed E-state index contributed by atoms with van der Waals surface area (Å²) in [5.74, 6) is -1.02. The minimum atomic E-state index is -1.02. The number of hydrogen-bond donors (Lipinski definition) is 2. The highest BCUT2D eigenvalue weighted by molar-refractivity contribution is 5.64. The van der Waals surface area contributed by atoms with Crippen LogP contribution in [0.25, 0.3) is 0 Å². The van der Waals surface area contributed by atoms with Crippen LogP contribution in [-0.2, 0) is 9.53 Å². The van der Waals surface area contributed by atoms with E-state index >= 15 is 0 Å². The molecule has 0 spiro atoms. The van der Waals surface area contributed by atoms with Crippen molar-refractivity contribution in [2.45, 2.75) is 37.8 Å². The van der Waals surface area contributed by atoms with Crippen molar-refractivity contribution >= 4 is 5.97 Å². The fourth-order valence-electron chi connectivity index (χ4n) is 1.74. The van der Waals surface area contributed by atoms with Gasteiger partial charge in [0.25, 0.3) is 0 Å². The Balaban J connectivity index is 2.21. The van der Waals surface area contributed by atoms with Crippen molar-refractivity contribution in [2.75, 3.05) is 19.8 Å². The molecule has 0 aromatic carbocycles. The van der Waals surface area contributed by atoms with Gasteiger partial charge in [-0.2, -0.15) is 0 Å². The predicted octanol–water partition coefficient (Wildman–Crippen LogP) is -2.38. The van der Waals surface area contributed by atoms with Gasteiger partial charge in [-0.25, -0.2) is 0 Å². The quantitative estimate of drug-likeness (QED) is 0.504. The molecule has 3 N–H and O–H groups in total. The van der Waals surface area contributed by atoms with Crippen LogP contribution in [0.1, 0.15) is 26.2 Å². The number of aliphatic carboxylic acids is 1. The lowest BCUT2D eigenvalue weighted by Gasteiger charge is -2.34. The molecule has 1 heterocycles. The molecule has 5 heteroatoms. The molecule has 5 nitrogen and oxygen atoms in total. The van der Waals surface area contributed by atoms with Crippen LogP contribution in [0.2, 0.25) is 0 Å². The van der Waals surface area contributed by atoms with Crippen LogP contribution in [0.3, 0.4) is 0 Å². The maximum absolute atomic E-state index is 10.2. The summed E-state index contributed by atoms with van der Waals surface area (Å²) in [5.41, 5.74) is -0.709. The Hall–Kier alpha value is -0.650. The lowest BCUT2D eigenvalue weighted by atomic mass is 9.91. The largest absolute Gasteiger partial charge is 0.550 e. The van der Waals surface area contributed by atoms with Crippen LogP contribution < -0.4 is 10.4 Å². The standard InChI is InChI=1S/C10H19NO4/c1-10(14)4-6-15-7-8(10)11-5-2-3-9(12)13/h8,11,14H,2-7H2,1H3,(H,12,13)/t8-,10-/m1/s1. The maximum atomic E-state index is 10.2. The molecule has 88 valence electrons. The third kappa shape index (κ3) is 4.15. The van der Waals surface area contributed by atoms with Crippen molar-refractivity contribution in [1.82, 2.24) is 0 Å². The SMILES string of the molecule is C[C@@]1(O)CCOC[C@H]1[NH2+]CCCC(=O)[O-]. The predicted molar refractivity (Wildman–Crippen MR) is 50.9 cm³/mol. The van der Waals surface area contributed by atoms with Gasteiger partial charge >= 0.3 is 0 Å². The molecule has 0 bridgehead atoms. The number of nitrogens with two attached hydrogens (primary N) is 1. The fraction of sp³-hybridized carbons (Fsp3) is 0.900. The van der Waals surface area contributed by atoms with Crippen LogP contribution >= 0.6 is 0 Å². The normalized spacial score (nSPS) is 31.5. The highest BCUT2D eigenvalue weighted by atomic mass is 16.5. The van der Waals surface area contributed by atoms with Gasteiger partial charge in [-0.05, 0) is 13.3 Å². The molecule has 0 radical (unpaired) electrons. The second-order valence-corrected chi connectivity index (χ2v) is 4.29. The van der Waals surface area contributed by atoms with Crippen LogP contribution in [0.5, 0.6) is 0 Å². The fourth-order valence-corrected chi connectivity index (χ4v) is 1.74. The zero-order valence-electron chi connectivity index (χ0n) is 9.07. The first-order valence-corrected chi connectivity index (χ1v) is 5.35. The molecule has 0 unspecified atom stereocenters. The van der Waals surface area contributed by atoms with E-state index in [1.165, 1.54) is 0 Å². The number of carboxylic acids is 1. The van der Waals surface area contributed by atoms with Gasteiger partial charge in [0, 0.05) is 25.4 Å². The van der Waals surface area contributed by atoms with Crippen molar-refractivity contribution in [2.24, 2.45) is 0 Å². The average molecular weight is 217 g/mol. The first-order chi connectivity index (χ1) is 7.02. The van der Waals surface area contributed by atoms with Gasteiger partial charge in [0.1, 0.15) is 18.2 Å². The molecule has 0 saturated carbocycles. The number of rotatable bonds is 5. The van der Waals surface area contributed by atoms with Crippen molar-refractivity contribution in [3.8, 4) is 0 Å². The van der Waals surface area contributed by atoms with E-state index < -0.39 is 11.6 Å². The minimum absolute atomic E-state index is 0.00741. The molecule has 1 fully saturated rings. The Kier molecular flexibility index (Phi) is 4.50. The number of carbonyl (C=O) groups excluding carboxylic acids is 1. The van der Waals surface area contributed by atoms with E-state index in [4.69, 9.17) is 4.74 Å². The highest BCUT2D eigenvalue weighted by Crippen LogP contribution is 2.17. The number of carbonyl (C=O) groups is 1. The Morgan fingerprint density at radius 2 is 2.47 bits per heavy atom. The second-order valence-electron chi connectivity index (χ2n) is 4.29. The third-order valence-corrected chi connectivity index (χ3v) is 2.88. The van der Waals surface area contributed by atoms with Crippen molar-refractivity contribution in [3.63, 3.8) is 0 Å². The van der Waals surface area contributed by atoms with E-state index in [0.717, 1.165) is 0 Å². The molecule has 1 aliphatic heterocycles. The average Bonchev–Trinajstić information content (AvgIpc) is 2.13. The topological polar surface area (TPSA) is 86.2 Å². The minimum Gasteiger partial charge on any atom is -0.550 e. The van der Waals surface area contributed by atoms with E-state index in [0.29, 0.717) is 32.6 Å². The van der Waals surface area contributed by atoms with Crippen LogP contribution in [0.4, 0.5) is 0 Å². The summed E-state index contributed by atoms with van der Waals surface area (Å²) in [7, 11) is 0. The first kappa shape index (κ1) is 12.4. The van der Waals surface area contributed by atoms with Crippen LogP contribution in [-0.4, -0.2) is 42.5 Å². The van der Waals surface area contributed by atoms with Crippen molar-refractivity contribution < 1.29 is 25.1 Å².